The van der Waals surface area contributed by atoms with Crippen LogP contribution in [0.25, 0.3) is 0 Å². The van der Waals surface area contributed by atoms with Crippen molar-refractivity contribution in [3.8, 4) is 0 Å². The molecule has 0 radical (unpaired) electrons. The van der Waals surface area contributed by atoms with Gasteiger partial charge in [0.2, 0.25) is 0 Å². The number of hydrogen-bond donors (Lipinski definition) is 0. The first-order valence-corrected chi connectivity index (χ1v) is 27.5. The number of rotatable bonds is 45. The van der Waals surface area contributed by atoms with Gasteiger partial charge in [0.25, 0.3) is 0 Å². The molecule has 0 aliphatic rings. The second-order valence-corrected chi connectivity index (χ2v) is 19.3. The number of benzene rings is 1. The van der Waals surface area contributed by atoms with E-state index < -0.39 is 27.0 Å². The van der Waals surface area contributed by atoms with Crippen LogP contribution in [0.3, 0.4) is 0 Å². The first-order valence-electron chi connectivity index (χ1n) is 26.0. The topological polar surface area (TPSA) is 110 Å². The Bertz CT molecular complexity index is 1380. The number of hydrogen-bond acceptors (Lipinski definition) is 7. The van der Waals surface area contributed by atoms with Crippen molar-refractivity contribution in [3.63, 3.8) is 0 Å². The van der Waals surface area contributed by atoms with Crippen LogP contribution in [0, 0.1) is 0 Å². The van der Waals surface area contributed by atoms with Gasteiger partial charge in [0.1, 0.15) is 23.3 Å². The van der Waals surface area contributed by atoms with Crippen molar-refractivity contribution in [1.82, 2.24) is 0 Å². The molecule has 358 valence electrons. The molecule has 0 saturated heterocycles. The fraction of sp³-hybridized carbons (Fsp3) is 0.778. The molecular weight excluding hydrogens is 816 g/mol. The Morgan fingerprint density at radius 2 is 0.698 bits per heavy atom. The van der Waals surface area contributed by atoms with Crippen molar-refractivity contribution in [1.29, 1.82) is 0 Å². The quantitative estimate of drug-likeness (QED) is 0.0211. The summed E-state index contributed by atoms with van der Waals surface area (Å²) < 4.78 is 45.8. The third kappa shape index (κ3) is 38.4. The van der Waals surface area contributed by atoms with Crippen molar-refractivity contribution in [2.45, 2.75) is 263 Å². The van der Waals surface area contributed by atoms with E-state index in [0.717, 1.165) is 43.9 Å². The minimum absolute atomic E-state index is 0. The zero-order chi connectivity index (χ0) is 45.0. The molecule has 0 bridgehead atoms. The molecule has 0 N–H and O–H groups in total. The molecule has 0 heterocycles. The maximum atomic E-state index is 13.0. The van der Waals surface area contributed by atoms with E-state index in [-0.39, 0.29) is 53.9 Å². The molecule has 0 aliphatic heterocycles. The third-order valence-electron chi connectivity index (χ3n) is 12.1. The molecule has 1 aromatic rings. The van der Waals surface area contributed by atoms with E-state index in [1.54, 1.807) is 12.2 Å². The summed E-state index contributed by atoms with van der Waals surface area (Å²) >= 11 is 0. The smallest absolute Gasteiger partial charge is 0.744 e. The Morgan fingerprint density at radius 3 is 0.984 bits per heavy atom. The minimum Gasteiger partial charge on any atom is -0.744 e. The second kappa shape index (κ2) is 45.7. The second-order valence-electron chi connectivity index (χ2n) is 17.9. The summed E-state index contributed by atoms with van der Waals surface area (Å²) in [6.45, 7) is 4.55. The summed E-state index contributed by atoms with van der Waals surface area (Å²) in [7, 11) is -4.84. The number of ether oxygens (including phenoxy) is 2. The standard InChI is InChI=1S/C54H94O7S.Na/c1-3-5-7-9-11-13-15-17-19-21-23-25-27-29-31-33-35-37-39-41-43-47-60-53(55)51-46-45-50(62(57,58)59)49-52(51)54(56)61-48-44-42-40-38-36-34-32-30-28-26-24-22-20-18-16-14-12-10-8-6-4-2;/h41-46,49H,3-40,47-48H2,1-2H3,(H,57,58,59);/q;+1/p-1/b43-41+,44-42+;. The van der Waals surface area contributed by atoms with E-state index >= 15 is 0 Å². The number of esters is 2. The molecule has 7 nitrogen and oxygen atoms in total. The number of carbonyl (C=O) groups excluding carboxylic acids is 2. The zero-order valence-electron chi connectivity index (χ0n) is 41.1. The molecule has 0 aromatic heterocycles. The Hall–Kier alpha value is -1.45. The van der Waals surface area contributed by atoms with Crippen LogP contribution in [0.1, 0.15) is 279 Å². The fourth-order valence-corrected chi connectivity index (χ4v) is 8.63. The van der Waals surface area contributed by atoms with Gasteiger partial charge >= 0.3 is 41.5 Å². The van der Waals surface area contributed by atoms with Gasteiger partial charge in [-0.25, -0.2) is 18.0 Å². The third-order valence-corrected chi connectivity index (χ3v) is 13.0. The zero-order valence-corrected chi connectivity index (χ0v) is 43.9. The van der Waals surface area contributed by atoms with E-state index in [9.17, 15) is 22.6 Å². The molecule has 9 heteroatoms. The Morgan fingerprint density at radius 1 is 0.429 bits per heavy atom. The van der Waals surface area contributed by atoms with Crippen molar-refractivity contribution in [3.05, 3.63) is 53.6 Å². The van der Waals surface area contributed by atoms with Gasteiger partial charge in [-0.2, -0.15) is 0 Å². The molecule has 0 atom stereocenters. The van der Waals surface area contributed by atoms with Crippen LogP contribution in [0.4, 0.5) is 0 Å². The molecule has 63 heavy (non-hydrogen) atoms. The molecule has 0 fully saturated rings. The normalized spacial score (nSPS) is 11.7. The molecule has 1 aromatic carbocycles. The van der Waals surface area contributed by atoms with Crippen molar-refractivity contribution >= 4 is 22.1 Å². The van der Waals surface area contributed by atoms with E-state index in [1.165, 1.54) is 218 Å². The van der Waals surface area contributed by atoms with Gasteiger partial charge < -0.3 is 14.0 Å². The van der Waals surface area contributed by atoms with Crippen LogP contribution >= 0.6 is 0 Å². The van der Waals surface area contributed by atoms with Crippen LogP contribution in [-0.4, -0.2) is 38.1 Å². The first kappa shape index (κ1) is 61.5. The monoisotopic (exact) mass is 909 g/mol. The van der Waals surface area contributed by atoms with Gasteiger partial charge in [-0.3, -0.25) is 0 Å². The maximum absolute atomic E-state index is 13.0. The molecule has 0 saturated carbocycles. The minimum atomic E-state index is -4.84. The van der Waals surface area contributed by atoms with Crippen LogP contribution in [0.2, 0.25) is 0 Å². The van der Waals surface area contributed by atoms with Gasteiger partial charge in [0, 0.05) is 0 Å². The first-order chi connectivity index (χ1) is 30.3. The van der Waals surface area contributed by atoms with Gasteiger partial charge in [0.15, 0.2) is 0 Å². The van der Waals surface area contributed by atoms with Crippen LogP contribution in [-0.2, 0) is 19.6 Å². The molecule has 1 rings (SSSR count). The van der Waals surface area contributed by atoms with Crippen molar-refractivity contribution < 1.29 is 61.6 Å². The van der Waals surface area contributed by atoms with Crippen LogP contribution in [0.15, 0.2) is 47.4 Å². The summed E-state index contributed by atoms with van der Waals surface area (Å²) in [5.74, 6) is -1.67. The average Bonchev–Trinajstić information content (AvgIpc) is 3.26. The number of allylic oxidation sites excluding steroid dienone is 2. The van der Waals surface area contributed by atoms with E-state index in [2.05, 4.69) is 13.8 Å². The van der Waals surface area contributed by atoms with Crippen LogP contribution in [0.5, 0.6) is 0 Å². The van der Waals surface area contributed by atoms with E-state index in [1.807, 2.05) is 12.2 Å². The van der Waals surface area contributed by atoms with Gasteiger partial charge in [-0.1, -0.05) is 256 Å². The van der Waals surface area contributed by atoms with Crippen LogP contribution < -0.4 is 29.6 Å². The number of carbonyl (C=O) groups is 2. The van der Waals surface area contributed by atoms with E-state index in [4.69, 9.17) is 9.47 Å². The summed E-state index contributed by atoms with van der Waals surface area (Å²) in [4.78, 5) is 25.3. The Labute approximate surface area is 410 Å². The van der Waals surface area contributed by atoms with Crippen molar-refractivity contribution in [2.75, 3.05) is 13.2 Å². The van der Waals surface area contributed by atoms with Gasteiger partial charge in [0.05, 0.1) is 16.0 Å². The molecular formula is C54H93NaO7S. The maximum Gasteiger partial charge on any atom is 1.00 e. The molecule has 0 spiro atoms. The van der Waals surface area contributed by atoms with E-state index in [0.29, 0.717) is 0 Å². The summed E-state index contributed by atoms with van der Waals surface area (Å²) in [5, 5.41) is 0. The Balaban J connectivity index is 0.0000384. The van der Waals surface area contributed by atoms with Gasteiger partial charge in [-0.15, -0.1) is 0 Å². The predicted octanol–water partition coefficient (Wildman–Crippen LogP) is 13.9. The summed E-state index contributed by atoms with van der Waals surface area (Å²) in [5.41, 5.74) is -0.436. The SMILES string of the molecule is CCCCCCCCCCCCCCCCCCCC/C=C/COC(=O)c1ccc(S(=O)(=O)[O-])cc1C(=O)OC/C=C/CCCCCCCCCCCCCCCCCCCC.[Na+]. The predicted molar refractivity (Wildman–Crippen MR) is 260 cm³/mol. The number of unbranched alkanes of at least 4 members (excludes halogenated alkanes) is 36. The molecule has 0 unspecified atom stereocenters. The molecule has 0 amide bonds. The van der Waals surface area contributed by atoms with Gasteiger partial charge in [-0.05, 0) is 43.9 Å². The average molecular weight is 909 g/mol. The Kier molecular flexibility index (Phi) is 44.6. The fourth-order valence-electron chi connectivity index (χ4n) is 8.13. The van der Waals surface area contributed by atoms with Crippen molar-refractivity contribution in [2.24, 2.45) is 0 Å². The molecule has 0 aliphatic carbocycles. The summed E-state index contributed by atoms with van der Waals surface area (Å²) in [6, 6.07) is 3.06. The summed E-state index contributed by atoms with van der Waals surface area (Å²) in [6.07, 6.45) is 57.6. The largest absolute Gasteiger partial charge is 1.00 e.